The van der Waals surface area contributed by atoms with Crippen LogP contribution in [0.2, 0.25) is 0 Å². The Morgan fingerprint density at radius 1 is 1.13 bits per heavy atom. The van der Waals surface area contributed by atoms with Crippen molar-refractivity contribution in [2.45, 2.75) is 118 Å². The van der Waals surface area contributed by atoms with Gasteiger partial charge in [0, 0.05) is 0 Å². The van der Waals surface area contributed by atoms with Gasteiger partial charge in [-0.05, 0) is 131 Å². The monoisotopic (exact) mass is 426 g/mol. The van der Waals surface area contributed by atoms with Crippen LogP contribution in [0, 0.1) is 46.3 Å². The minimum atomic E-state index is -0.0837. The van der Waals surface area contributed by atoms with E-state index in [1.54, 1.807) is 11.1 Å². The van der Waals surface area contributed by atoms with Gasteiger partial charge in [0.2, 0.25) is 0 Å². The van der Waals surface area contributed by atoms with Gasteiger partial charge in [0.05, 0.1) is 6.10 Å². The van der Waals surface area contributed by atoms with Crippen molar-refractivity contribution in [2.24, 2.45) is 46.3 Å². The van der Waals surface area contributed by atoms with Crippen LogP contribution >= 0.6 is 0 Å². The third-order valence-corrected chi connectivity index (χ3v) is 11.4. The Labute approximate surface area is 193 Å². The van der Waals surface area contributed by atoms with Gasteiger partial charge in [0.15, 0.2) is 0 Å². The van der Waals surface area contributed by atoms with E-state index in [0.29, 0.717) is 10.8 Å². The van der Waals surface area contributed by atoms with Crippen LogP contribution in [0.3, 0.4) is 0 Å². The molecule has 3 saturated carbocycles. The number of allylic oxidation sites excluding steroid dienone is 3. The van der Waals surface area contributed by atoms with Crippen molar-refractivity contribution in [3.63, 3.8) is 0 Å². The van der Waals surface area contributed by atoms with Crippen molar-refractivity contribution in [1.29, 1.82) is 0 Å². The van der Waals surface area contributed by atoms with Crippen LogP contribution in [0.5, 0.6) is 0 Å². The van der Waals surface area contributed by atoms with Gasteiger partial charge < -0.3 is 5.11 Å². The lowest BCUT2D eigenvalue weighted by molar-refractivity contribution is -0.0574. The van der Waals surface area contributed by atoms with Gasteiger partial charge in [0.25, 0.3) is 0 Å². The molecule has 0 amide bonds. The van der Waals surface area contributed by atoms with Crippen molar-refractivity contribution >= 4 is 0 Å². The zero-order valence-electron chi connectivity index (χ0n) is 21.4. The first-order chi connectivity index (χ1) is 14.7. The highest BCUT2D eigenvalue weighted by molar-refractivity contribution is 5.25. The van der Waals surface area contributed by atoms with Crippen LogP contribution in [0.25, 0.3) is 0 Å². The molecule has 0 radical (unpaired) electrons. The van der Waals surface area contributed by atoms with E-state index in [1.165, 1.54) is 57.8 Å². The molecule has 0 bridgehead atoms. The molecule has 4 aliphatic carbocycles. The number of fused-ring (bicyclic) bond motifs is 5. The maximum atomic E-state index is 10.3. The molecule has 0 aliphatic heterocycles. The second-order valence-corrected chi connectivity index (χ2v) is 12.6. The zero-order chi connectivity index (χ0) is 22.4. The van der Waals surface area contributed by atoms with Crippen molar-refractivity contribution in [3.05, 3.63) is 23.3 Å². The molecule has 176 valence electrons. The van der Waals surface area contributed by atoms with Crippen LogP contribution in [0.15, 0.2) is 23.3 Å². The van der Waals surface area contributed by atoms with Gasteiger partial charge in [-0.2, -0.15) is 0 Å². The number of aliphatic hydroxyl groups is 1. The summed E-state index contributed by atoms with van der Waals surface area (Å²) in [5.41, 5.74) is 4.16. The fourth-order valence-electron chi connectivity index (χ4n) is 9.27. The fourth-order valence-corrected chi connectivity index (χ4v) is 9.27. The molecule has 0 unspecified atom stereocenters. The summed E-state index contributed by atoms with van der Waals surface area (Å²) in [6.07, 6.45) is 19.2. The van der Waals surface area contributed by atoms with E-state index in [2.05, 4.69) is 53.7 Å². The lowest BCUT2D eigenvalue weighted by atomic mass is 9.47. The molecule has 0 aromatic heterocycles. The molecule has 9 atom stereocenters. The predicted octanol–water partition coefficient (Wildman–Crippen LogP) is 8.34. The van der Waals surface area contributed by atoms with Gasteiger partial charge >= 0.3 is 0 Å². The topological polar surface area (TPSA) is 20.2 Å². The first-order valence-electron chi connectivity index (χ1n) is 13.7. The smallest absolute Gasteiger partial charge is 0.0577 e. The molecule has 0 spiro atoms. The van der Waals surface area contributed by atoms with E-state index >= 15 is 0 Å². The summed E-state index contributed by atoms with van der Waals surface area (Å²) < 4.78 is 0. The molecule has 1 nitrogen and oxygen atoms in total. The van der Waals surface area contributed by atoms with Crippen molar-refractivity contribution in [2.75, 3.05) is 0 Å². The van der Waals surface area contributed by atoms with Crippen LogP contribution in [0.4, 0.5) is 0 Å². The Kier molecular flexibility index (Phi) is 6.85. The lowest BCUT2D eigenvalue weighted by Gasteiger charge is -2.58. The normalized spacial score (nSPS) is 44.7. The van der Waals surface area contributed by atoms with E-state index in [-0.39, 0.29) is 6.10 Å². The first kappa shape index (κ1) is 23.6. The number of rotatable bonds is 6. The van der Waals surface area contributed by atoms with Gasteiger partial charge in [-0.3, -0.25) is 0 Å². The first-order valence-corrected chi connectivity index (χ1v) is 13.7. The summed E-state index contributed by atoms with van der Waals surface area (Å²) in [6.45, 7) is 14.8. The summed E-state index contributed by atoms with van der Waals surface area (Å²) in [5, 5.41) is 10.3. The Morgan fingerprint density at radius 2 is 1.90 bits per heavy atom. The summed E-state index contributed by atoms with van der Waals surface area (Å²) in [5.74, 6) is 5.27. The van der Waals surface area contributed by atoms with Gasteiger partial charge in [-0.1, -0.05) is 51.0 Å². The molecule has 31 heavy (non-hydrogen) atoms. The van der Waals surface area contributed by atoms with Crippen LogP contribution in [-0.2, 0) is 0 Å². The molecule has 0 heterocycles. The number of hydrogen-bond acceptors (Lipinski definition) is 1. The molecule has 0 aromatic carbocycles. The summed E-state index contributed by atoms with van der Waals surface area (Å²) in [6, 6.07) is 0. The lowest BCUT2D eigenvalue weighted by Crippen LogP contribution is -2.50. The van der Waals surface area contributed by atoms with E-state index in [1.807, 2.05) is 0 Å². The predicted molar refractivity (Wildman–Crippen MR) is 133 cm³/mol. The average molecular weight is 427 g/mol. The molecular formula is C30H50O. The second kappa shape index (κ2) is 9.00. The van der Waals surface area contributed by atoms with Crippen LogP contribution in [0.1, 0.15) is 112 Å². The summed E-state index contributed by atoms with van der Waals surface area (Å²) in [7, 11) is 0. The van der Waals surface area contributed by atoms with Crippen LogP contribution in [-0.4, -0.2) is 11.2 Å². The third kappa shape index (κ3) is 4.00. The van der Waals surface area contributed by atoms with Crippen LogP contribution < -0.4 is 0 Å². The largest absolute Gasteiger partial charge is 0.393 e. The van der Waals surface area contributed by atoms with Gasteiger partial charge in [-0.15, -0.1) is 0 Å². The van der Waals surface area contributed by atoms with Gasteiger partial charge in [0.1, 0.15) is 0 Å². The zero-order valence-corrected chi connectivity index (χ0v) is 21.4. The standard InChI is InChI=1S/C30H50O/c1-7-20(3)22(8-2)10-9-21(4)26-13-14-27-25-12-11-23-19-24(31)15-17-29(23,5)28(25)16-18-30(26,27)6/h7,11,21-22,24-28,31H,8-10,12-19H2,1-6H3/b20-7+/t21-,22+,24+,25+,26-,27+,28+,29+,30-/m1/s1. The summed E-state index contributed by atoms with van der Waals surface area (Å²) in [4.78, 5) is 0. The number of hydrogen-bond donors (Lipinski definition) is 1. The quantitative estimate of drug-likeness (QED) is 0.423. The maximum absolute atomic E-state index is 10.3. The molecule has 1 heteroatoms. The molecule has 1 N–H and O–H groups in total. The molecule has 0 aromatic rings. The molecule has 4 rings (SSSR count). The van der Waals surface area contributed by atoms with Gasteiger partial charge in [-0.25, -0.2) is 0 Å². The number of aliphatic hydroxyl groups excluding tert-OH is 1. The van der Waals surface area contributed by atoms with E-state index in [0.717, 1.165) is 48.3 Å². The third-order valence-electron chi connectivity index (χ3n) is 11.4. The highest BCUT2D eigenvalue weighted by Gasteiger charge is 2.59. The highest BCUT2D eigenvalue weighted by Crippen LogP contribution is 2.67. The minimum absolute atomic E-state index is 0.0837. The molecular weight excluding hydrogens is 376 g/mol. The Hall–Kier alpha value is -0.560. The molecule has 3 fully saturated rings. The van der Waals surface area contributed by atoms with Crippen molar-refractivity contribution < 1.29 is 5.11 Å². The Bertz CT molecular complexity index is 703. The minimum Gasteiger partial charge on any atom is -0.393 e. The average Bonchev–Trinajstić information content (AvgIpc) is 3.11. The summed E-state index contributed by atoms with van der Waals surface area (Å²) >= 11 is 0. The van der Waals surface area contributed by atoms with E-state index < -0.39 is 0 Å². The highest BCUT2D eigenvalue weighted by atomic mass is 16.3. The second-order valence-electron chi connectivity index (χ2n) is 12.6. The SMILES string of the molecule is C/C=C(\C)[C@@H](CC)CC[C@@H](C)[C@H]1CC[C@H]2[C@@H]3CC=C4C[C@@H](O)CC[C@]4(C)[C@H]3CC[C@]12C. The van der Waals surface area contributed by atoms with E-state index in [4.69, 9.17) is 0 Å². The van der Waals surface area contributed by atoms with E-state index in [9.17, 15) is 5.11 Å². The fraction of sp³-hybridized carbons (Fsp3) is 0.867. The maximum Gasteiger partial charge on any atom is 0.0577 e. The molecule has 0 saturated heterocycles. The Balaban J connectivity index is 1.47. The van der Waals surface area contributed by atoms with Crippen molar-refractivity contribution in [1.82, 2.24) is 0 Å². The molecule has 4 aliphatic rings. The van der Waals surface area contributed by atoms with Crippen molar-refractivity contribution in [3.8, 4) is 0 Å². The Morgan fingerprint density at radius 3 is 2.61 bits per heavy atom.